The van der Waals surface area contributed by atoms with Crippen LogP contribution in [-0.4, -0.2) is 53.3 Å². The van der Waals surface area contributed by atoms with Gasteiger partial charge in [0.25, 0.3) is 0 Å². The summed E-state index contributed by atoms with van der Waals surface area (Å²) in [7, 11) is 18.7. The third-order valence-corrected chi connectivity index (χ3v) is 14.3. The van der Waals surface area contributed by atoms with E-state index < -0.39 is 18.0 Å². The number of likely N-dealkylation sites (N-methyl/N-ethyl adjacent to an activating group) is 1. The molecule has 1 atom stereocenters. The zero-order valence-electron chi connectivity index (χ0n) is 30.3. The molecule has 48 heavy (non-hydrogen) atoms. The van der Waals surface area contributed by atoms with Crippen LogP contribution in [0.25, 0.3) is 0 Å². The second-order valence-corrected chi connectivity index (χ2v) is 22.9. The van der Waals surface area contributed by atoms with Gasteiger partial charge in [-0.2, -0.15) is 0 Å². The molecule has 0 spiro atoms. The summed E-state index contributed by atoms with van der Waals surface area (Å²) >= 11 is -3.93. The van der Waals surface area contributed by atoms with Crippen LogP contribution in [0.5, 0.6) is 5.75 Å². The van der Waals surface area contributed by atoms with Gasteiger partial charge < -0.3 is 0 Å². The Labute approximate surface area is 298 Å². The fourth-order valence-corrected chi connectivity index (χ4v) is 12.3. The number of carbonyl (C=O) groups is 1. The van der Waals surface area contributed by atoms with Crippen LogP contribution < -0.4 is 14.5 Å². The van der Waals surface area contributed by atoms with Crippen molar-refractivity contribution in [1.29, 1.82) is 0 Å². The molecule has 4 rings (SSSR count). The standard InChI is InChI=1S/C27H38N2.C12H15NO3.2ClH.Ru/c1-18(2)22-11-9-12-23(19(3)4)26(22)28-15-16-29(17-28)27-24(20(5)6)13-10-14-25(27)21(7)8;1-9-7-5-6-8-11(9)16-10(2)12(14)13(3)15-4;;;/h9-14,18-21H,15-16H2,1-8H3;1,5-8,10H,2-4H3;2*1H;/q;;;;-2/p-2. The van der Waals surface area contributed by atoms with Gasteiger partial charge in [0.15, 0.2) is 0 Å². The topological polar surface area (TPSA) is 45.2 Å². The summed E-state index contributed by atoms with van der Waals surface area (Å²) in [6.07, 6.45) is -0.778. The first kappa shape index (κ1) is 38.2. The zero-order valence-corrected chi connectivity index (χ0v) is 33.6. The zero-order chi connectivity index (χ0) is 35.5. The minimum atomic E-state index is -3.93. The third kappa shape index (κ3) is 8.07. The molecule has 268 valence electrons. The molecule has 0 aromatic heterocycles. The number of hydroxylamine groups is 2. The van der Waals surface area contributed by atoms with Crippen molar-refractivity contribution in [3.8, 4) is 5.75 Å². The SMILES string of the molecule is CON(C)C(=O)C(C)Oc1ccccc1[CH]=[Ru-4]([Cl])([Cl])=[C]1N(c2c(C(C)C)cccc2C(C)C)CCN1c1c(C(C)C)cccc1C(C)C. The Bertz CT molecular complexity index is 1610. The summed E-state index contributed by atoms with van der Waals surface area (Å²) in [4.78, 5) is 22.8. The van der Waals surface area contributed by atoms with Crippen LogP contribution in [0.4, 0.5) is 11.4 Å². The first-order valence-electron chi connectivity index (χ1n) is 16.8. The normalized spacial score (nSPS) is 14.8. The maximum atomic E-state index is 12.8. The molecule has 0 aliphatic carbocycles. The van der Waals surface area contributed by atoms with Gasteiger partial charge >= 0.3 is 300 Å². The van der Waals surface area contributed by atoms with E-state index in [1.54, 1.807) is 14.0 Å². The van der Waals surface area contributed by atoms with Crippen molar-refractivity contribution in [2.45, 2.75) is 92.1 Å². The van der Waals surface area contributed by atoms with Gasteiger partial charge in [-0.25, -0.2) is 0 Å². The van der Waals surface area contributed by atoms with Crippen molar-refractivity contribution in [2.75, 3.05) is 37.0 Å². The van der Waals surface area contributed by atoms with E-state index in [9.17, 15) is 4.79 Å². The molecule has 6 nitrogen and oxygen atoms in total. The monoisotopic (exact) mass is 783 g/mol. The quantitative estimate of drug-likeness (QED) is 0.143. The Kier molecular flexibility index (Phi) is 12.7. The fraction of sp³-hybridized carbons (Fsp3) is 0.462. The number of amides is 1. The molecular formula is C39H53Cl2N3O3Ru-4. The van der Waals surface area contributed by atoms with Crippen LogP contribution in [0.3, 0.4) is 0 Å². The van der Waals surface area contributed by atoms with Crippen molar-refractivity contribution < 1.29 is 26.3 Å². The van der Waals surface area contributed by atoms with Gasteiger partial charge in [-0.05, 0) is 0 Å². The third-order valence-electron chi connectivity index (χ3n) is 8.81. The van der Waals surface area contributed by atoms with Crippen molar-refractivity contribution in [3.05, 3.63) is 88.5 Å². The predicted octanol–water partition coefficient (Wildman–Crippen LogP) is 9.69. The average Bonchev–Trinajstić information content (AvgIpc) is 3.49. The van der Waals surface area contributed by atoms with Crippen LogP contribution >= 0.6 is 19.4 Å². The summed E-state index contributed by atoms with van der Waals surface area (Å²) in [5, 5.41) is 1.17. The van der Waals surface area contributed by atoms with Crippen LogP contribution in [0, 0.1) is 0 Å². The molecule has 1 fully saturated rings. The van der Waals surface area contributed by atoms with Gasteiger partial charge in [-0.3, -0.25) is 0 Å². The van der Waals surface area contributed by atoms with Crippen LogP contribution in [0.15, 0.2) is 60.7 Å². The number of benzene rings is 3. The Morgan fingerprint density at radius 3 is 1.54 bits per heavy atom. The van der Waals surface area contributed by atoms with Crippen LogP contribution in [0.1, 0.15) is 114 Å². The average molecular weight is 784 g/mol. The van der Waals surface area contributed by atoms with Gasteiger partial charge in [0.2, 0.25) is 0 Å². The Hall–Kier alpha value is -2.57. The van der Waals surface area contributed by atoms with E-state index in [1.165, 1.54) is 45.8 Å². The predicted molar refractivity (Wildman–Crippen MR) is 202 cm³/mol. The van der Waals surface area contributed by atoms with Gasteiger partial charge in [0.05, 0.1) is 0 Å². The van der Waals surface area contributed by atoms with Gasteiger partial charge in [-0.1, -0.05) is 0 Å². The van der Waals surface area contributed by atoms with E-state index in [0.29, 0.717) is 29.4 Å². The molecule has 1 saturated heterocycles. The van der Waals surface area contributed by atoms with Crippen LogP contribution in [0.2, 0.25) is 0 Å². The number of carbonyl (C=O) groups excluding carboxylic acids is 1. The number of hydrogen-bond acceptors (Lipinski definition) is 5. The van der Waals surface area contributed by atoms with E-state index in [-0.39, 0.29) is 5.91 Å². The van der Waals surface area contributed by atoms with Crippen molar-refractivity contribution in [1.82, 2.24) is 5.06 Å². The molecule has 0 saturated carbocycles. The molecule has 1 aliphatic heterocycles. The molecule has 1 aliphatic rings. The Balaban J connectivity index is 2.08. The molecule has 3 aromatic rings. The molecule has 1 heterocycles. The summed E-state index contributed by atoms with van der Waals surface area (Å²) in [6, 6.07) is 21.0. The number of anilines is 2. The summed E-state index contributed by atoms with van der Waals surface area (Å²) in [5.74, 6) is 1.46. The molecule has 1 unspecified atom stereocenters. The molecule has 3 aromatic carbocycles. The number of ether oxygens (including phenoxy) is 1. The Morgan fingerprint density at radius 2 is 1.15 bits per heavy atom. The van der Waals surface area contributed by atoms with E-state index >= 15 is 0 Å². The number of para-hydroxylation sites is 3. The van der Waals surface area contributed by atoms with E-state index in [4.69, 9.17) is 29.0 Å². The summed E-state index contributed by atoms with van der Waals surface area (Å²) in [5.41, 5.74) is 8.30. The molecule has 0 N–H and O–H groups in total. The molecular weight excluding hydrogens is 730 g/mol. The van der Waals surface area contributed by atoms with Gasteiger partial charge in [0.1, 0.15) is 0 Å². The van der Waals surface area contributed by atoms with Crippen LogP contribution in [-0.2, 0) is 21.5 Å². The van der Waals surface area contributed by atoms with Crippen molar-refractivity contribution >= 4 is 45.6 Å². The Morgan fingerprint density at radius 1 is 0.729 bits per heavy atom. The summed E-state index contributed by atoms with van der Waals surface area (Å²) in [6.45, 7) is 21.2. The second kappa shape index (κ2) is 16.0. The number of halogens is 2. The van der Waals surface area contributed by atoms with E-state index in [2.05, 4.69) is 102 Å². The molecule has 9 heteroatoms. The number of rotatable bonds is 11. The number of nitrogens with zero attached hydrogens (tertiary/aromatic N) is 3. The van der Waals surface area contributed by atoms with Gasteiger partial charge in [0, 0.05) is 0 Å². The fourth-order valence-electron chi connectivity index (χ4n) is 6.27. The first-order chi connectivity index (χ1) is 22.6. The maximum absolute atomic E-state index is 12.8. The number of hydrogen-bond donors (Lipinski definition) is 0. The van der Waals surface area contributed by atoms with E-state index in [1.807, 2.05) is 28.9 Å². The molecule has 0 bridgehead atoms. The second-order valence-electron chi connectivity index (χ2n) is 13.6. The van der Waals surface area contributed by atoms with Crippen molar-refractivity contribution in [3.63, 3.8) is 0 Å². The van der Waals surface area contributed by atoms with Crippen molar-refractivity contribution in [2.24, 2.45) is 0 Å². The summed E-state index contributed by atoms with van der Waals surface area (Å²) < 4.78 is 9.21. The minimum absolute atomic E-state index is 0.296. The molecule has 0 radical (unpaired) electrons. The molecule has 1 amide bonds. The first-order valence-corrected chi connectivity index (χ1v) is 23.2. The van der Waals surface area contributed by atoms with E-state index in [0.717, 1.165) is 23.0 Å². The van der Waals surface area contributed by atoms with Gasteiger partial charge in [-0.15, -0.1) is 0 Å².